The van der Waals surface area contributed by atoms with Crippen molar-refractivity contribution in [2.24, 2.45) is 4.99 Å². The van der Waals surface area contributed by atoms with Crippen molar-refractivity contribution in [2.45, 2.75) is 0 Å². The molecular weight excluding hydrogens is 128 g/mol. The van der Waals surface area contributed by atoms with Crippen LogP contribution in [0.1, 0.15) is 0 Å². The summed E-state index contributed by atoms with van der Waals surface area (Å²) in [6.07, 6.45) is 2.67. The summed E-state index contributed by atoms with van der Waals surface area (Å²) in [5.74, 6) is -0.255. The Morgan fingerprint density at radius 3 is 2.50 bits per heavy atom. The first kappa shape index (κ1) is 8.62. The Hall–Kier alpha value is -1.38. The molecule has 0 aromatic heterocycles. The Morgan fingerprint density at radius 2 is 2.20 bits per heavy atom. The van der Waals surface area contributed by atoms with E-state index in [1.165, 1.54) is 19.3 Å². The summed E-state index contributed by atoms with van der Waals surface area (Å²) in [6, 6.07) is 0. The molecule has 0 saturated heterocycles. The van der Waals surface area contributed by atoms with Gasteiger partial charge in [-0.05, 0) is 6.08 Å². The fourth-order valence-corrected chi connectivity index (χ4v) is 0.430. The van der Waals surface area contributed by atoms with Crippen LogP contribution in [0.15, 0.2) is 30.4 Å². The molecule has 0 aliphatic rings. The summed E-state index contributed by atoms with van der Waals surface area (Å²) in [5.41, 5.74) is 0.275. The molecule has 10 heavy (non-hydrogen) atoms. The quantitative estimate of drug-likeness (QED) is 0.567. The lowest BCUT2D eigenvalue weighted by Gasteiger charge is -1.94. The molecular formula is C7H10N2O. The summed E-state index contributed by atoms with van der Waals surface area (Å²) >= 11 is 0. The van der Waals surface area contributed by atoms with Gasteiger partial charge < -0.3 is 5.32 Å². The third-order valence-electron chi connectivity index (χ3n) is 0.883. The summed E-state index contributed by atoms with van der Waals surface area (Å²) in [4.78, 5) is 14.4. The van der Waals surface area contributed by atoms with Crippen LogP contribution in [0, 0.1) is 0 Å². The van der Waals surface area contributed by atoms with Crippen LogP contribution in [-0.2, 0) is 4.79 Å². The average molecular weight is 138 g/mol. The Morgan fingerprint density at radius 1 is 1.60 bits per heavy atom. The van der Waals surface area contributed by atoms with Gasteiger partial charge in [0, 0.05) is 13.2 Å². The van der Waals surface area contributed by atoms with Crippen molar-refractivity contribution in [3.63, 3.8) is 0 Å². The summed E-state index contributed by atoms with van der Waals surface area (Å²) in [6.45, 7) is 6.76. The van der Waals surface area contributed by atoms with Crippen molar-refractivity contribution < 1.29 is 4.79 Å². The van der Waals surface area contributed by atoms with E-state index >= 15 is 0 Å². The molecule has 0 unspecified atom stereocenters. The van der Waals surface area contributed by atoms with Gasteiger partial charge in [-0.15, -0.1) is 0 Å². The minimum atomic E-state index is -0.255. The number of nitrogens with zero attached hydrogens (tertiary/aromatic N) is 1. The average Bonchev–Trinajstić information content (AvgIpc) is 1.99. The molecule has 0 spiro atoms. The normalized spacial score (nSPS) is 10.3. The van der Waals surface area contributed by atoms with E-state index in [9.17, 15) is 4.79 Å². The maximum absolute atomic E-state index is 10.8. The van der Waals surface area contributed by atoms with Gasteiger partial charge in [0.05, 0.1) is 0 Å². The third-order valence-corrected chi connectivity index (χ3v) is 0.883. The molecule has 0 bridgehead atoms. The molecule has 0 heterocycles. The van der Waals surface area contributed by atoms with Gasteiger partial charge in [-0.2, -0.15) is 0 Å². The first-order chi connectivity index (χ1) is 4.76. The van der Waals surface area contributed by atoms with Crippen LogP contribution in [-0.4, -0.2) is 18.7 Å². The van der Waals surface area contributed by atoms with E-state index < -0.39 is 0 Å². The Balaban J connectivity index is 4.34. The number of hydrogen-bond acceptors (Lipinski definition) is 2. The summed E-state index contributed by atoms with van der Waals surface area (Å²) in [7, 11) is 1.53. The van der Waals surface area contributed by atoms with E-state index in [1.54, 1.807) is 0 Å². The van der Waals surface area contributed by atoms with Gasteiger partial charge >= 0.3 is 0 Å². The SMILES string of the molecule is C=CN=C(C=C)C(=O)NC. The lowest BCUT2D eigenvalue weighted by atomic mass is 10.3. The highest BCUT2D eigenvalue weighted by atomic mass is 16.1. The molecule has 3 heteroatoms. The molecule has 0 radical (unpaired) electrons. The number of aliphatic imine (C=N–C) groups is 1. The predicted octanol–water partition coefficient (Wildman–Crippen LogP) is 0.503. The molecule has 0 aliphatic carbocycles. The van der Waals surface area contributed by atoms with Crippen LogP contribution in [0.25, 0.3) is 0 Å². The number of carbonyl (C=O) groups excluding carboxylic acids is 1. The van der Waals surface area contributed by atoms with Crippen molar-refractivity contribution in [1.29, 1.82) is 0 Å². The van der Waals surface area contributed by atoms with Crippen LogP contribution in [0.4, 0.5) is 0 Å². The van der Waals surface area contributed by atoms with E-state index in [1.807, 2.05) is 0 Å². The first-order valence-corrected chi connectivity index (χ1v) is 2.79. The minimum Gasteiger partial charge on any atom is -0.354 e. The minimum absolute atomic E-state index is 0.255. The second kappa shape index (κ2) is 4.49. The number of nitrogens with one attached hydrogen (secondary N) is 1. The molecule has 3 nitrogen and oxygen atoms in total. The molecule has 0 aromatic carbocycles. The van der Waals surface area contributed by atoms with Crippen LogP contribution in [0.2, 0.25) is 0 Å². The molecule has 0 rings (SSSR count). The zero-order chi connectivity index (χ0) is 7.98. The monoisotopic (exact) mass is 138 g/mol. The summed E-state index contributed by atoms with van der Waals surface area (Å²) in [5, 5.41) is 2.41. The lowest BCUT2D eigenvalue weighted by molar-refractivity contribution is -0.114. The second-order valence-electron chi connectivity index (χ2n) is 1.48. The maximum Gasteiger partial charge on any atom is 0.269 e. The van der Waals surface area contributed by atoms with Crippen molar-refractivity contribution in [3.05, 3.63) is 25.4 Å². The van der Waals surface area contributed by atoms with Crippen molar-refractivity contribution in [2.75, 3.05) is 7.05 Å². The molecule has 0 aliphatic heterocycles. The van der Waals surface area contributed by atoms with Gasteiger partial charge in [0.2, 0.25) is 0 Å². The smallest absolute Gasteiger partial charge is 0.269 e. The van der Waals surface area contributed by atoms with Crippen LogP contribution in [0.3, 0.4) is 0 Å². The predicted molar refractivity (Wildman–Crippen MR) is 41.9 cm³/mol. The first-order valence-electron chi connectivity index (χ1n) is 2.79. The van der Waals surface area contributed by atoms with Gasteiger partial charge in [-0.25, -0.2) is 0 Å². The standard InChI is InChI=1S/C7H10N2O/c1-4-6(9-5-2)7(10)8-3/h4-5H,1-2H2,3H3,(H,8,10). The third kappa shape index (κ3) is 2.26. The zero-order valence-corrected chi connectivity index (χ0v) is 5.92. The van der Waals surface area contributed by atoms with Gasteiger partial charge in [0.1, 0.15) is 5.71 Å². The van der Waals surface area contributed by atoms with Crippen molar-refractivity contribution in [3.8, 4) is 0 Å². The van der Waals surface area contributed by atoms with E-state index in [2.05, 4.69) is 23.5 Å². The largest absolute Gasteiger partial charge is 0.354 e. The van der Waals surface area contributed by atoms with Gasteiger partial charge in [0.25, 0.3) is 5.91 Å². The molecule has 0 aromatic rings. The van der Waals surface area contributed by atoms with E-state index in [0.29, 0.717) is 0 Å². The molecule has 0 saturated carbocycles. The number of amides is 1. The zero-order valence-electron chi connectivity index (χ0n) is 5.92. The van der Waals surface area contributed by atoms with E-state index in [4.69, 9.17) is 0 Å². The van der Waals surface area contributed by atoms with Crippen molar-refractivity contribution in [1.82, 2.24) is 5.32 Å². The molecule has 1 amide bonds. The fraction of sp³-hybridized carbons (Fsp3) is 0.143. The second-order valence-corrected chi connectivity index (χ2v) is 1.48. The lowest BCUT2D eigenvalue weighted by Crippen LogP contribution is -2.25. The Bertz CT molecular complexity index is 182. The highest BCUT2D eigenvalue weighted by Gasteiger charge is 2.01. The van der Waals surface area contributed by atoms with E-state index in [0.717, 1.165) is 0 Å². The number of carbonyl (C=O) groups is 1. The van der Waals surface area contributed by atoms with Gasteiger partial charge in [-0.1, -0.05) is 13.2 Å². The van der Waals surface area contributed by atoms with Crippen LogP contribution in [0.5, 0.6) is 0 Å². The van der Waals surface area contributed by atoms with Crippen molar-refractivity contribution >= 4 is 11.6 Å². The van der Waals surface area contributed by atoms with Crippen LogP contribution >= 0.6 is 0 Å². The maximum atomic E-state index is 10.8. The molecule has 0 atom stereocenters. The summed E-state index contributed by atoms with van der Waals surface area (Å²) < 4.78 is 0. The molecule has 0 fully saturated rings. The number of hydrogen-bond donors (Lipinski definition) is 1. The van der Waals surface area contributed by atoms with Gasteiger partial charge in [-0.3, -0.25) is 9.79 Å². The van der Waals surface area contributed by atoms with Gasteiger partial charge in [0.15, 0.2) is 0 Å². The number of rotatable bonds is 3. The highest BCUT2D eigenvalue weighted by Crippen LogP contribution is 1.80. The Kier molecular flexibility index (Phi) is 3.87. The highest BCUT2D eigenvalue weighted by molar-refractivity contribution is 6.43. The van der Waals surface area contributed by atoms with Crippen LogP contribution < -0.4 is 5.32 Å². The molecule has 1 N–H and O–H groups in total. The topological polar surface area (TPSA) is 41.5 Å². The fourth-order valence-electron chi connectivity index (χ4n) is 0.430. The van der Waals surface area contributed by atoms with E-state index in [-0.39, 0.29) is 11.6 Å². The molecule has 54 valence electrons. The Labute approximate surface area is 60.2 Å².